The topological polar surface area (TPSA) is 109 Å². The summed E-state index contributed by atoms with van der Waals surface area (Å²) in [7, 11) is -4.21. The van der Waals surface area contributed by atoms with Gasteiger partial charge < -0.3 is 5.11 Å². The van der Waals surface area contributed by atoms with Gasteiger partial charge >= 0.3 is 0 Å². The highest BCUT2D eigenvalue weighted by Gasteiger charge is 2.25. The molecule has 0 fully saturated rings. The van der Waals surface area contributed by atoms with Crippen molar-refractivity contribution >= 4 is 56.8 Å². The molecule has 0 radical (unpaired) electrons. The Morgan fingerprint density at radius 1 is 1.38 bits per heavy atom. The lowest BCUT2D eigenvalue weighted by Crippen LogP contribution is -2.22. The van der Waals surface area contributed by atoms with Crippen LogP contribution in [0.5, 0.6) is 5.88 Å². The van der Waals surface area contributed by atoms with Gasteiger partial charge in [-0.1, -0.05) is 11.6 Å². The van der Waals surface area contributed by atoms with E-state index in [9.17, 15) is 18.3 Å². The third-order valence-corrected chi connectivity index (χ3v) is 5.72. The van der Waals surface area contributed by atoms with Crippen molar-refractivity contribution < 1.29 is 22.9 Å². The van der Waals surface area contributed by atoms with E-state index < -0.39 is 21.8 Å². The molecule has 1 amide bonds. The van der Waals surface area contributed by atoms with Gasteiger partial charge in [-0.25, -0.2) is 4.99 Å². The van der Waals surface area contributed by atoms with Crippen LogP contribution in [0.3, 0.4) is 0 Å². The van der Waals surface area contributed by atoms with Gasteiger partial charge in [0.2, 0.25) is 5.88 Å². The number of aromatic hydroxyl groups is 1. The molecular formula is C13H9ClN2O5S3. The molecule has 1 aliphatic rings. The first-order valence-corrected chi connectivity index (χ1v) is 9.69. The summed E-state index contributed by atoms with van der Waals surface area (Å²) in [5.41, 5.74) is 0.159. The van der Waals surface area contributed by atoms with E-state index >= 15 is 0 Å². The van der Waals surface area contributed by atoms with E-state index in [1.807, 2.05) is 0 Å². The molecule has 1 aromatic heterocycles. The highest BCUT2D eigenvalue weighted by Crippen LogP contribution is 2.32. The summed E-state index contributed by atoms with van der Waals surface area (Å²) in [6.07, 6.45) is 0. The predicted molar refractivity (Wildman–Crippen MR) is 91.0 cm³/mol. The molecule has 2 N–H and O–H groups in total. The molecule has 0 bridgehead atoms. The molecule has 0 spiro atoms. The summed E-state index contributed by atoms with van der Waals surface area (Å²) >= 11 is 12.0. The largest absolute Gasteiger partial charge is 0.493 e. The lowest BCUT2D eigenvalue weighted by molar-refractivity contribution is -0.112. The van der Waals surface area contributed by atoms with Gasteiger partial charge in [0.1, 0.15) is 4.88 Å². The number of carbonyl (C=O) groups excluding carboxylic acids is 1. The number of fused-ring (bicyclic) bond motifs is 1. The maximum absolute atomic E-state index is 12.2. The Kier molecular flexibility index (Phi) is 4.34. The molecule has 24 heavy (non-hydrogen) atoms. The van der Waals surface area contributed by atoms with Gasteiger partial charge in [0.25, 0.3) is 16.0 Å². The monoisotopic (exact) mass is 404 g/mol. The Labute approximate surface area is 149 Å². The van der Waals surface area contributed by atoms with Crippen molar-refractivity contribution in [2.45, 2.75) is 6.54 Å². The zero-order chi connectivity index (χ0) is 17.6. The van der Waals surface area contributed by atoms with Crippen LogP contribution in [-0.2, 0) is 21.5 Å². The summed E-state index contributed by atoms with van der Waals surface area (Å²) in [6, 6.07) is 4.75. The average Bonchev–Trinajstić information content (AvgIpc) is 2.92. The molecule has 0 atom stereocenters. The number of amides is 1. The Morgan fingerprint density at radius 3 is 2.75 bits per heavy atom. The zero-order valence-electron chi connectivity index (χ0n) is 11.8. The van der Waals surface area contributed by atoms with Crippen LogP contribution in [-0.4, -0.2) is 34.3 Å². The van der Waals surface area contributed by atoms with E-state index in [2.05, 4.69) is 4.99 Å². The predicted octanol–water partition coefficient (Wildman–Crippen LogP) is 0.885. The van der Waals surface area contributed by atoms with E-state index in [0.29, 0.717) is 15.6 Å². The summed E-state index contributed by atoms with van der Waals surface area (Å²) in [5.74, 6) is -1.50. The fourth-order valence-electron chi connectivity index (χ4n) is 2.27. The van der Waals surface area contributed by atoms with E-state index in [4.69, 9.17) is 28.4 Å². The highest BCUT2D eigenvalue weighted by atomic mass is 35.5. The van der Waals surface area contributed by atoms with E-state index in [1.165, 1.54) is 0 Å². The van der Waals surface area contributed by atoms with E-state index in [1.54, 1.807) is 18.2 Å². The number of hydrogen-bond donors (Lipinski definition) is 2. The van der Waals surface area contributed by atoms with Crippen molar-refractivity contribution in [1.82, 2.24) is 4.57 Å². The molecule has 2 aromatic rings. The smallest absolute Gasteiger partial charge is 0.279 e. The van der Waals surface area contributed by atoms with Crippen LogP contribution in [0.1, 0.15) is 4.88 Å². The molecule has 0 saturated carbocycles. The number of carbonyl (C=O) groups is 1. The highest BCUT2D eigenvalue weighted by molar-refractivity contribution is 7.85. The Morgan fingerprint density at radius 2 is 2.08 bits per heavy atom. The van der Waals surface area contributed by atoms with Crippen molar-refractivity contribution in [1.29, 1.82) is 0 Å². The number of nitrogens with zero attached hydrogens (tertiary/aromatic N) is 2. The molecular weight excluding hydrogens is 396 g/mol. The number of thiazole rings is 1. The lowest BCUT2D eigenvalue weighted by atomic mass is 10.1. The number of halogens is 1. The second kappa shape index (κ2) is 6.05. The first-order chi connectivity index (χ1) is 11.2. The van der Waals surface area contributed by atoms with Gasteiger partial charge in [-0.3, -0.25) is 13.9 Å². The van der Waals surface area contributed by atoms with Crippen LogP contribution in [0.25, 0.3) is 5.57 Å². The molecule has 11 heteroatoms. The van der Waals surface area contributed by atoms with Crippen molar-refractivity contribution in [3.63, 3.8) is 0 Å². The molecule has 126 valence electrons. The van der Waals surface area contributed by atoms with Crippen LogP contribution in [0, 0.1) is 3.95 Å². The van der Waals surface area contributed by atoms with Crippen molar-refractivity contribution in [2.75, 3.05) is 5.75 Å². The lowest BCUT2D eigenvalue weighted by Gasteiger charge is -2.04. The van der Waals surface area contributed by atoms with Crippen molar-refractivity contribution in [3.8, 4) is 5.88 Å². The minimum Gasteiger partial charge on any atom is -0.493 e. The number of benzene rings is 1. The van der Waals surface area contributed by atoms with Gasteiger partial charge in [0, 0.05) is 16.8 Å². The molecule has 0 unspecified atom stereocenters. The van der Waals surface area contributed by atoms with Gasteiger partial charge in [-0.2, -0.15) is 8.42 Å². The Bertz CT molecular complexity index is 1150. The van der Waals surface area contributed by atoms with Crippen LogP contribution < -0.4 is 10.6 Å². The van der Waals surface area contributed by atoms with Crippen LogP contribution in [0.15, 0.2) is 23.2 Å². The fraction of sp³-hybridized carbons (Fsp3) is 0.154. The number of aromatic nitrogens is 1. The average molecular weight is 405 g/mol. The Balaban J connectivity index is 2.18. The molecule has 1 aliphatic heterocycles. The summed E-state index contributed by atoms with van der Waals surface area (Å²) in [6.45, 7) is -0.235. The standard InChI is InChI=1S/C13H9ClN2O5S3/c14-6-1-2-8-7(5-6)9(11(17)15-8)10-12(18)16(13(22)23-10)3-4-24(19,20)21/h1-2,5,18H,3-4H2,(H,19,20,21). The second-order valence-corrected chi connectivity index (χ2v) is 8.56. The zero-order valence-corrected chi connectivity index (χ0v) is 15.0. The third-order valence-electron chi connectivity index (χ3n) is 3.33. The number of hydrogen-bond acceptors (Lipinski definition) is 6. The van der Waals surface area contributed by atoms with Crippen LogP contribution in [0.4, 0.5) is 0 Å². The molecule has 0 aliphatic carbocycles. The van der Waals surface area contributed by atoms with Crippen LogP contribution in [0.2, 0.25) is 5.02 Å². The quantitative estimate of drug-likeness (QED) is 0.578. The molecule has 3 rings (SSSR count). The van der Waals surface area contributed by atoms with Gasteiger partial charge in [-0.05, 0) is 30.4 Å². The molecule has 2 heterocycles. The minimum absolute atomic E-state index is 0.159. The summed E-state index contributed by atoms with van der Waals surface area (Å²) in [4.78, 5) is 16.3. The van der Waals surface area contributed by atoms with Crippen molar-refractivity contribution in [3.05, 3.63) is 42.6 Å². The first-order valence-electron chi connectivity index (χ1n) is 6.48. The van der Waals surface area contributed by atoms with Crippen molar-refractivity contribution in [2.24, 2.45) is 4.99 Å². The normalized spacial score (nSPS) is 13.9. The molecule has 0 saturated heterocycles. The first kappa shape index (κ1) is 17.2. The molecule has 1 aromatic carbocycles. The summed E-state index contributed by atoms with van der Waals surface area (Å²) < 4.78 is 31.9. The summed E-state index contributed by atoms with van der Waals surface area (Å²) in [5, 5.41) is 11.7. The van der Waals surface area contributed by atoms with Crippen LogP contribution >= 0.6 is 35.2 Å². The fourth-order valence-corrected chi connectivity index (χ4v) is 4.25. The van der Waals surface area contributed by atoms with Gasteiger partial charge in [-0.15, -0.1) is 11.3 Å². The van der Waals surface area contributed by atoms with Gasteiger partial charge in [0.05, 0.1) is 16.7 Å². The third kappa shape index (κ3) is 3.15. The maximum atomic E-state index is 12.2. The maximum Gasteiger partial charge on any atom is 0.279 e. The molecule has 7 nitrogen and oxygen atoms in total. The van der Waals surface area contributed by atoms with E-state index in [0.717, 1.165) is 15.9 Å². The van der Waals surface area contributed by atoms with E-state index in [-0.39, 0.29) is 26.8 Å². The van der Waals surface area contributed by atoms with Gasteiger partial charge in [0.15, 0.2) is 3.95 Å². The Hall–Kier alpha value is -1.59. The number of rotatable bonds is 4. The second-order valence-electron chi connectivity index (χ2n) is 4.91. The minimum atomic E-state index is -4.21. The SMILES string of the molecule is O=C1N=c2ccc(Cl)cc2=C1c1sc(=S)n(CCS(=O)(=O)O)c1O.